The van der Waals surface area contributed by atoms with E-state index in [1.165, 1.54) is 42.4 Å². The first kappa shape index (κ1) is 14.1. The second kappa shape index (κ2) is 6.23. The fraction of sp³-hybridized carbons (Fsp3) is 0.588. The molecular weight excluding hydrogens is 234 g/mol. The number of hydrogen-bond donors (Lipinski definition) is 1. The average Bonchev–Trinajstić information content (AvgIpc) is 2.43. The van der Waals surface area contributed by atoms with Gasteiger partial charge in [-0.1, -0.05) is 32.0 Å². The molecule has 0 aliphatic heterocycles. The van der Waals surface area contributed by atoms with Crippen LogP contribution >= 0.6 is 0 Å². The van der Waals surface area contributed by atoms with Gasteiger partial charge in [-0.25, -0.2) is 0 Å². The Kier molecular flexibility index (Phi) is 4.62. The highest BCUT2D eigenvalue weighted by Gasteiger charge is 2.20. The van der Waals surface area contributed by atoms with E-state index in [0.717, 1.165) is 0 Å². The third-order valence-corrected chi connectivity index (χ3v) is 4.29. The standard InChI is InChI=1S/C17H25NO/c1-12(2)16(11-17(19)18-3)15-9-8-13-6-4-5-7-14(13)10-15/h8-10,12,16H,4-7,11H2,1-3H3,(H,18,19). The number of rotatable bonds is 4. The SMILES string of the molecule is CNC(=O)CC(c1ccc2c(c1)CCCC2)C(C)C. The lowest BCUT2D eigenvalue weighted by molar-refractivity contribution is -0.121. The number of benzene rings is 1. The summed E-state index contributed by atoms with van der Waals surface area (Å²) < 4.78 is 0. The Balaban J connectivity index is 2.24. The first-order valence-corrected chi connectivity index (χ1v) is 7.44. The molecule has 0 heterocycles. The van der Waals surface area contributed by atoms with Crippen molar-refractivity contribution in [2.75, 3.05) is 7.05 Å². The van der Waals surface area contributed by atoms with E-state index >= 15 is 0 Å². The second-order valence-corrected chi connectivity index (χ2v) is 5.96. The summed E-state index contributed by atoms with van der Waals surface area (Å²) in [6.07, 6.45) is 5.63. The smallest absolute Gasteiger partial charge is 0.220 e. The molecule has 2 nitrogen and oxygen atoms in total. The molecule has 0 fully saturated rings. The van der Waals surface area contributed by atoms with Gasteiger partial charge in [-0.05, 0) is 54.2 Å². The summed E-state index contributed by atoms with van der Waals surface area (Å²) in [6, 6.07) is 6.86. The van der Waals surface area contributed by atoms with E-state index in [9.17, 15) is 4.79 Å². The van der Waals surface area contributed by atoms with Gasteiger partial charge in [0.25, 0.3) is 0 Å². The van der Waals surface area contributed by atoms with Crippen LogP contribution in [0.2, 0.25) is 0 Å². The van der Waals surface area contributed by atoms with Crippen LogP contribution in [0.5, 0.6) is 0 Å². The van der Waals surface area contributed by atoms with Crippen LogP contribution in [0.3, 0.4) is 0 Å². The van der Waals surface area contributed by atoms with Crippen molar-refractivity contribution in [1.29, 1.82) is 0 Å². The average molecular weight is 259 g/mol. The molecule has 1 amide bonds. The zero-order valence-corrected chi connectivity index (χ0v) is 12.3. The number of fused-ring (bicyclic) bond motifs is 1. The van der Waals surface area contributed by atoms with Gasteiger partial charge in [0.15, 0.2) is 0 Å². The van der Waals surface area contributed by atoms with Crippen molar-refractivity contribution in [1.82, 2.24) is 5.32 Å². The predicted molar refractivity (Wildman–Crippen MR) is 79.3 cm³/mol. The molecule has 1 aromatic carbocycles. The number of aryl methyl sites for hydroxylation is 2. The highest BCUT2D eigenvalue weighted by atomic mass is 16.1. The molecule has 19 heavy (non-hydrogen) atoms. The van der Waals surface area contributed by atoms with Gasteiger partial charge in [0.05, 0.1) is 0 Å². The highest BCUT2D eigenvalue weighted by Crippen LogP contribution is 2.31. The molecule has 2 heteroatoms. The van der Waals surface area contributed by atoms with E-state index in [4.69, 9.17) is 0 Å². The molecule has 0 radical (unpaired) electrons. The summed E-state index contributed by atoms with van der Waals surface area (Å²) in [5, 5.41) is 2.74. The fourth-order valence-corrected chi connectivity index (χ4v) is 3.02. The van der Waals surface area contributed by atoms with Crippen LogP contribution in [0, 0.1) is 5.92 Å². The third kappa shape index (κ3) is 3.37. The van der Waals surface area contributed by atoms with Gasteiger partial charge in [-0.3, -0.25) is 4.79 Å². The van der Waals surface area contributed by atoms with Crippen molar-refractivity contribution in [3.8, 4) is 0 Å². The van der Waals surface area contributed by atoms with Crippen LogP contribution in [-0.4, -0.2) is 13.0 Å². The maximum atomic E-state index is 11.7. The van der Waals surface area contributed by atoms with Crippen molar-refractivity contribution in [2.45, 2.75) is 51.9 Å². The number of amides is 1. The van der Waals surface area contributed by atoms with Crippen LogP contribution in [0.4, 0.5) is 0 Å². The Hall–Kier alpha value is -1.31. The minimum absolute atomic E-state index is 0.136. The highest BCUT2D eigenvalue weighted by molar-refractivity contribution is 5.76. The molecule has 104 valence electrons. The molecule has 1 N–H and O–H groups in total. The summed E-state index contributed by atoms with van der Waals surface area (Å²) >= 11 is 0. The van der Waals surface area contributed by atoms with Crippen LogP contribution in [0.25, 0.3) is 0 Å². The van der Waals surface area contributed by atoms with Gasteiger partial charge >= 0.3 is 0 Å². The van der Waals surface area contributed by atoms with Gasteiger partial charge < -0.3 is 5.32 Å². The van der Waals surface area contributed by atoms with E-state index in [1.54, 1.807) is 7.05 Å². The Morgan fingerprint density at radius 2 is 1.89 bits per heavy atom. The normalized spacial score (nSPS) is 16.0. The molecule has 1 aliphatic rings. The first-order valence-electron chi connectivity index (χ1n) is 7.44. The molecule has 0 bridgehead atoms. The summed E-state index contributed by atoms with van der Waals surface area (Å²) in [7, 11) is 1.71. The van der Waals surface area contributed by atoms with Gasteiger partial charge in [0.1, 0.15) is 0 Å². The Morgan fingerprint density at radius 3 is 2.53 bits per heavy atom. The minimum Gasteiger partial charge on any atom is -0.359 e. The van der Waals surface area contributed by atoms with Gasteiger partial charge in [0, 0.05) is 13.5 Å². The Morgan fingerprint density at radius 1 is 1.21 bits per heavy atom. The van der Waals surface area contributed by atoms with Gasteiger partial charge in [-0.2, -0.15) is 0 Å². The molecule has 0 saturated carbocycles. The Bertz CT molecular complexity index is 451. The zero-order valence-electron chi connectivity index (χ0n) is 12.3. The maximum Gasteiger partial charge on any atom is 0.220 e. The van der Waals surface area contributed by atoms with Crippen molar-refractivity contribution in [2.24, 2.45) is 5.92 Å². The summed E-state index contributed by atoms with van der Waals surface area (Å²) in [5.74, 6) is 0.947. The molecule has 1 atom stereocenters. The predicted octanol–water partition coefficient (Wildman–Crippen LogP) is 3.44. The number of carbonyl (C=O) groups is 1. The van der Waals surface area contributed by atoms with Crippen molar-refractivity contribution < 1.29 is 4.79 Å². The largest absolute Gasteiger partial charge is 0.359 e. The van der Waals surface area contributed by atoms with E-state index in [2.05, 4.69) is 37.4 Å². The maximum absolute atomic E-state index is 11.7. The van der Waals surface area contributed by atoms with Crippen LogP contribution < -0.4 is 5.32 Å². The van der Waals surface area contributed by atoms with Crippen molar-refractivity contribution >= 4 is 5.91 Å². The van der Waals surface area contributed by atoms with Crippen molar-refractivity contribution in [3.63, 3.8) is 0 Å². The minimum atomic E-state index is 0.136. The van der Waals surface area contributed by atoms with Crippen LogP contribution in [0.1, 0.15) is 55.7 Å². The summed E-state index contributed by atoms with van der Waals surface area (Å²) in [6.45, 7) is 4.40. The Labute approximate surface area is 116 Å². The fourth-order valence-electron chi connectivity index (χ4n) is 3.02. The zero-order chi connectivity index (χ0) is 13.8. The topological polar surface area (TPSA) is 29.1 Å². The van der Waals surface area contributed by atoms with E-state index in [-0.39, 0.29) is 5.91 Å². The molecule has 2 rings (SSSR count). The first-order chi connectivity index (χ1) is 9.11. The lowest BCUT2D eigenvalue weighted by Crippen LogP contribution is -2.22. The quantitative estimate of drug-likeness (QED) is 0.881. The van der Waals surface area contributed by atoms with Gasteiger partial charge in [0.2, 0.25) is 5.91 Å². The molecule has 1 unspecified atom stereocenters. The van der Waals surface area contributed by atoms with E-state index in [0.29, 0.717) is 18.3 Å². The summed E-state index contributed by atoms with van der Waals surface area (Å²) in [4.78, 5) is 11.7. The molecule has 0 aromatic heterocycles. The van der Waals surface area contributed by atoms with Crippen LogP contribution in [-0.2, 0) is 17.6 Å². The number of hydrogen-bond acceptors (Lipinski definition) is 1. The van der Waals surface area contributed by atoms with Crippen LogP contribution in [0.15, 0.2) is 18.2 Å². The molecule has 1 aliphatic carbocycles. The number of carbonyl (C=O) groups excluding carboxylic acids is 1. The molecular formula is C17H25NO. The lowest BCUT2D eigenvalue weighted by atomic mass is 9.82. The monoisotopic (exact) mass is 259 g/mol. The van der Waals surface area contributed by atoms with E-state index < -0.39 is 0 Å². The third-order valence-electron chi connectivity index (χ3n) is 4.29. The van der Waals surface area contributed by atoms with E-state index in [1.807, 2.05) is 0 Å². The molecule has 0 spiro atoms. The van der Waals surface area contributed by atoms with Crippen molar-refractivity contribution in [3.05, 3.63) is 34.9 Å². The molecule has 1 aromatic rings. The number of nitrogens with one attached hydrogen (secondary N) is 1. The summed E-state index contributed by atoms with van der Waals surface area (Å²) in [5.41, 5.74) is 4.35. The molecule has 0 saturated heterocycles. The lowest BCUT2D eigenvalue weighted by Gasteiger charge is -2.23. The van der Waals surface area contributed by atoms with Gasteiger partial charge in [-0.15, -0.1) is 0 Å². The second-order valence-electron chi connectivity index (χ2n) is 5.96.